The van der Waals surface area contributed by atoms with Crippen molar-refractivity contribution in [3.8, 4) is 11.5 Å². The van der Waals surface area contributed by atoms with E-state index < -0.39 is 0 Å². The van der Waals surface area contributed by atoms with Gasteiger partial charge in [-0.1, -0.05) is 29.8 Å². The quantitative estimate of drug-likeness (QED) is 0.878. The number of ether oxygens (including phenoxy) is 1. The Balaban J connectivity index is 1.80. The van der Waals surface area contributed by atoms with Gasteiger partial charge in [0.25, 0.3) is 5.91 Å². The van der Waals surface area contributed by atoms with Gasteiger partial charge in [0.15, 0.2) is 5.17 Å². The third-order valence-electron chi connectivity index (χ3n) is 3.05. The highest BCUT2D eigenvalue weighted by Crippen LogP contribution is 2.28. The zero-order chi connectivity index (χ0) is 15.5. The second-order valence-electron chi connectivity index (χ2n) is 4.85. The van der Waals surface area contributed by atoms with Gasteiger partial charge in [-0.2, -0.15) is 4.99 Å². The van der Waals surface area contributed by atoms with Crippen molar-refractivity contribution in [2.75, 3.05) is 0 Å². The molecule has 1 heterocycles. The molecule has 2 N–H and O–H groups in total. The van der Waals surface area contributed by atoms with Crippen molar-refractivity contribution < 1.29 is 9.53 Å². The molecule has 0 aromatic heterocycles. The number of carbonyl (C=O) groups excluding carboxylic acids is 1. The van der Waals surface area contributed by atoms with E-state index in [0.29, 0.717) is 10.7 Å². The number of aryl methyl sites for hydroxylation is 1. The number of aliphatic imine (C=N–C) groups is 1. The van der Waals surface area contributed by atoms with E-state index in [2.05, 4.69) is 4.99 Å². The lowest BCUT2D eigenvalue weighted by Crippen LogP contribution is -2.01. The highest BCUT2D eigenvalue weighted by Gasteiger charge is 2.19. The smallest absolute Gasteiger partial charge is 0.286 e. The molecule has 2 aromatic rings. The van der Waals surface area contributed by atoms with Crippen LogP contribution in [-0.4, -0.2) is 11.1 Å². The van der Waals surface area contributed by atoms with Crippen LogP contribution in [0.4, 0.5) is 0 Å². The summed E-state index contributed by atoms with van der Waals surface area (Å²) in [5.41, 5.74) is 7.59. The van der Waals surface area contributed by atoms with Gasteiger partial charge in [0.2, 0.25) is 0 Å². The minimum atomic E-state index is -0.299. The monoisotopic (exact) mass is 310 g/mol. The van der Waals surface area contributed by atoms with Gasteiger partial charge in [0.05, 0.1) is 4.91 Å². The lowest BCUT2D eigenvalue weighted by Gasteiger charge is -2.06. The summed E-state index contributed by atoms with van der Waals surface area (Å²) in [7, 11) is 0. The summed E-state index contributed by atoms with van der Waals surface area (Å²) in [6, 6.07) is 15.4. The Kier molecular flexibility index (Phi) is 3.98. The van der Waals surface area contributed by atoms with Crippen molar-refractivity contribution in [3.63, 3.8) is 0 Å². The molecule has 1 aliphatic rings. The third kappa shape index (κ3) is 3.38. The molecule has 0 unspecified atom stereocenters. The average Bonchev–Trinajstić information content (AvgIpc) is 2.80. The molecular formula is C17H14N2O2S. The largest absolute Gasteiger partial charge is 0.457 e. The van der Waals surface area contributed by atoms with Crippen molar-refractivity contribution in [2.45, 2.75) is 6.92 Å². The molecule has 1 aliphatic heterocycles. The van der Waals surface area contributed by atoms with Gasteiger partial charge in [-0.25, -0.2) is 0 Å². The lowest BCUT2D eigenvalue weighted by atomic mass is 10.2. The number of nitrogens with two attached hydrogens (primary N) is 1. The van der Waals surface area contributed by atoms with Crippen LogP contribution in [0.15, 0.2) is 58.4 Å². The molecule has 0 radical (unpaired) electrons. The van der Waals surface area contributed by atoms with Crippen molar-refractivity contribution >= 4 is 28.9 Å². The van der Waals surface area contributed by atoms with Crippen LogP contribution in [0.1, 0.15) is 11.1 Å². The standard InChI is InChI=1S/C17H14N2O2S/c1-11-5-7-13(8-6-11)21-14-4-2-3-12(9-14)10-15-16(20)19-17(18)22-15/h2-10H,1H3,(H2,18,19,20). The van der Waals surface area contributed by atoms with E-state index in [4.69, 9.17) is 10.5 Å². The number of nitrogens with zero attached hydrogens (tertiary/aromatic N) is 1. The van der Waals surface area contributed by atoms with Crippen LogP contribution in [0.2, 0.25) is 0 Å². The Morgan fingerprint density at radius 2 is 1.91 bits per heavy atom. The summed E-state index contributed by atoms with van der Waals surface area (Å²) in [5, 5.41) is 0.281. The molecule has 3 rings (SSSR count). The Hall–Kier alpha value is -2.53. The Morgan fingerprint density at radius 3 is 2.59 bits per heavy atom. The van der Waals surface area contributed by atoms with Crippen molar-refractivity contribution in [3.05, 3.63) is 64.6 Å². The molecule has 5 heteroatoms. The first-order valence-electron chi connectivity index (χ1n) is 6.73. The van der Waals surface area contributed by atoms with E-state index in [9.17, 15) is 4.79 Å². The zero-order valence-corrected chi connectivity index (χ0v) is 12.8. The Bertz CT molecular complexity index is 780. The van der Waals surface area contributed by atoms with Crippen molar-refractivity contribution in [2.24, 2.45) is 10.7 Å². The first-order valence-corrected chi connectivity index (χ1v) is 7.54. The predicted octanol–water partition coefficient (Wildman–Crippen LogP) is 3.72. The Morgan fingerprint density at radius 1 is 1.14 bits per heavy atom. The van der Waals surface area contributed by atoms with Crippen LogP contribution in [0.25, 0.3) is 6.08 Å². The van der Waals surface area contributed by atoms with Crippen LogP contribution in [0.5, 0.6) is 11.5 Å². The molecule has 0 atom stereocenters. The van der Waals surface area contributed by atoms with Crippen LogP contribution < -0.4 is 10.5 Å². The minimum absolute atomic E-state index is 0.281. The lowest BCUT2D eigenvalue weighted by molar-refractivity contribution is -0.113. The molecule has 0 bridgehead atoms. The predicted molar refractivity (Wildman–Crippen MR) is 89.9 cm³/mol. The van der Waals surface area contributed by atoms with E-state index in [1.54, 1.807) is 6.08 Å². The zero-order valence-electron chi connectivity index (χ0n) is 11.9. The molecule has 4 nitrogen and oxygen atoms in total. The fraction of sp³-hybridized carbons (Fsp3) is 0.0588. The summed E-state index contributed by atoms with van der Waals surface area (Å²) < 4.78 is 5.81. The number of benzene rings is 2. The maximum Gasteiger partial charge on any atom is 0.286 e. The number of hydrogen-bond acceptors (Lipinski definition) is 4. The van der Waals surface area contributed by atoms with E-state index in [1.165, 1.54) is 17.3 Å². The van der Waals surface area contributed by atoms with Crippen LogP contribution in [0, 0.1) is 6.92 Å². The summed E-state index contributed by atoms with van der Waals surface area (Å²) in [5.74, 6) is 1.18. The molecule has 2 aromatic carbocycles. The van der Waals surface area contributed by atoms with E-state index >= 15 is 0 Å². The number of amides is 1. The van der Waals surface area contributed by atoms with Gasteiger partial charge < -0.3 is 10.5 Å². The fourth-order valence-electron chi connectivity index (χ4n) is 1.99. The van der Waals surface area contributed by atoms with Crippen LogP contribution >= 0.6 is 11.8 Å². The topological polar surface area (TPSA) is 64.7 Å². The molecule has 0 aliphatic carbocycles. The van der Waals surface area contributed by atoms with Gasteiger partial charge >= 0.3 is 0 Å². The van der Waals surface area contributed by atoms with Gasteiger partial charge in [0.1, 0.15) is 11.5 Å². The molecule has 0 saturated carbocycles. The average molecular weight is 310 g/mol. The number of thioether (sulfide) groups is 1. The summed E-state index contributed by atoms with van der Waals surface area (Å²) in [6.45, 7) is 2.03. The molecular weight excluding hydrogens is 296 g/mol. The molecule has 1 amide bonds. The first-order chi connectivity index (χ1) is 10.6. The minimum Gasteiger partial charge on any atom is -0.457 e. The Labute approximate surface area is 132 Å². The normalized spacial score (nSPS) is 16.0. The highest BCUT2D eigenvalue weighted by atomic mass is 32.2. The molecule has 0 saturated heterocycles. The highest BCUT2D eigenvalue weighted by molar-refractivity contribution is 8.18. The van der Waals surface area contributed by atoms with Crippen molar-refractivity contribution in [1.29, 1.82) is 0 Å². The summed E-state index contributed by atoms with van der Waals surface area (Å²) >= 11 is 1.18. The fourth-order valence-corrected chi connectivity index (χ4v) is 2.67. The SMILES string of the molecule is Cc1ccc(Oc2cccc(C=C3SC(N)=NC3=O)c2)cc1. The summed E-state index contributed by atoms with van der Waals surface area (Å²) in [6.07, 6.45) is 1.76. The number of amidine groups is 1. The molecule has 0 fully saturated rings. The van der Waals surface area contributed by atoms with Crippen LogP contribution in [-0.2, 0) is 4.79 Å². The van der Waals surface area contributed by atoms with Gasteiger partial charge in [0, 0.05) is 0 Å². The first kappa shape index (κ1) is 14.4. The summed E-state index contributed by atoms with van der Waals surface area (Å²) in [4.78, 5) is 15.8. The molecule has 0 spiro atoms. The van der Waals surface area contributed by atoms with Gasteiger partial charge in [-0.3, -0.25) is 4.79 Å². The third-order valence-corrected chi connectivity index (χ3v) is 3.86. The number of rotatable bonds is 3. The maximum absolute atomic E-state index is 11.6. The molecule has 22 heavy (non-hydrogen) atoms. The van der Waals surface area contributed by atoms with Crippen molar-refractivity contribution in [1.82, 2.24) is 0 Å². The van der Waals surface area contributed by atoms with E-state index in [-0.39, 0.29) is 11.1 Å². The van der Waals surface area contributed by atoms with Gasteiger partial charge in [-0.05, 0) is 54.6 Å². The maximum atomic E-state index is 11.6. The number of carbonyl (C=O) groups is 1. The molecule has 110 valence electrons. The second-order valence-corrected chi connectivity index (χ2v) is 5.92. The van der Waals surface area contributed by atoms with E-state index in [0.717, 1.165) is 11.3 Å². The van der Waals surface area contributed by atoms with Gasteiger partial charge in [-0.15, -0.1) is 0 Å². The number of hydrogen-bond donors (Lipinski definition) is 1. The van der Waals surface area contributed by atoms with Crippen LogP contribution in [0.3, 0.4) is 0 Å². The van der Waals surface area contributed by atoms with E-state index in [1.807, 2.05) is 55.5 Å². The second kappa shape index (κ2) is 6.07.